The zero-order valence-electron chi connectivity index (χ0n) is 20.1. The van der Waals surface area contributed by atoms with Gasteiger partial charge in [0.15, 0.2) is 11.3 Å². The second-order valence-corrected chi connectivity index (χ2v) is 8.80. The minimum absolute atomic E-state index is 0.223. The Labute approximate surface area is 200 Å². The van der Waals surface area contributed by atoms with E-state index in [1.165, 1.54) is 25.7 Å². The number of methoxy groups -OCH3 is 2. The number of aromatic hydroxyl groups is 1. The van der Waals surface area contributed by atoms with Crippen molar-refractivity contribution in [2.75, 3.05) is 40.5 Å². The van der Waals surface area contributed by atoms with Crippen LogP contribution in [0.4, 0.5) is 0 Å². The highest BCUT2D eigenvalue weighted by atomic mass is 16.5. The van der Waals surface area contributed by atoms with Crippen LogP contribution < -0.4 is 14.2 Å². The lowest BCUT2D eigenvalue weighted by Gasteiger charge is -2.24. The first-order valence-electron chi connectivity index (χ1n) is 12.1. The first kappa shape index (κ1) is 24.2. The molecule has 1 unspecified atom stereocenters. The number of fused-ring (bicyclic) bond motifs is 1. The van der Waals surface area contributed by atoms with Gasteiger partial charge in [0.2, 0.25) is 5.75 Å². The molecule has 0 radical (unpaired) electrons. The van der Waals surface area contributed by atoms with Gasteiger partial charge in [-0.1, -0.05) is 25.0 Å². The van der Waals surface area contributed by atoms with Crippen LogP contribution in [0.3, 0.4) is 0 Å². The number of furan rings is 1. The molecule has 0 amide bonds. The van der Waals surface area contributed by atoms with Crippen molar-refractivity contribution in [1.82, 2.24) is 4.90 Å². The molecule has 7 nitrogen and oxygen atoms in total. The van der Waals surface area contributed by atoms with Crippen molar-refractivity contribution in [2.45, 2.75) is 44.6 Å². The van der Waals surface area contributed by atoms with Gasteiger partial charge in [0, 0.05) is 6.54 Å². The van der Waals surface area contributed by atoms with Gasteiger partial charge in [0.05, 0.1) is 37.5 Å². The second kappa shape index (κ2) is 11.5. The maximum Gasteiger partial charge on any atom is 0.205 e. The molecule has 0 aliphatic carbocycles. The van der Waals surface area contributed by atoms with Gasteiger partial charge in [-0.2, -0.15) is 0 Å². The Bertz CT molecular complexity index is 1050. The number of hydrogen-bond donors (Lipinski definition) is 2. The second-order valence-electron chi connectivity index (χ2n) is 8.80. The van der Waals surface area contributed by atoms with Crippen LogP contribution in [0.2, 0.25) is 0 Å². The third-order valence-corrected chi connectivity index (χ3v) is 6.55. The van der Waals surface area contributed by atoms with Gasteiger partial charge in [-0.25, -0.2) is 0 Å². The fourth-order valence-electron chi connectivity index (χ4n) is 4.74. The first-order valence-corrected chi connectivity index (χ1v) is 12.1. The highest BCUT2D eigenvalue weighted by Gasteiger charge is 2.29. The van der Waals surface area contributed by atoms with Crippen LogP contribution in [0.15, 0.2) is 41.0 Å². The Balaban J connectivity index is 1.61. The average molecular weight is 470 g/mol. The van der Waals surface area contributed by atoms with Crippen LogP contribution in [0.1, 0.15) is 49.3 Å². The summed E-state index contributed by atoms with van der Waals surface area (Å²) in [5.74, 6) is 1.69. The molecule has 3 aromatic rings. The molecule has 34 heavy (non-hydrogen) atoms. The molecular formula is C27H35NO6. The molecule has 1 fully saturated rings. The van der Waals surface area contributed by atoms with E-state index in [2.05, 4.69) is 4.90 Å². The summed E-state index contributed by atoms with van der Waals surface area (Å²) in [6.45, 7) is 3.46. The van der Waals surface area contributed by atoms with Crippen LogP contribution in [0.5, 0.6) is 23.0 Å². The number of aliphatic hydroxyl groups excluding tert-OH is 1. The number of hydrogen-bond acceptors (Lipinski definition) is 7. The molecule has 1 saturated heterocycles. The van der Waals surface area contributed by atoms with Crippen LogP contribution >= 0.6 is 0 Å². The number of benzene rings is 2. The molecule has 2 aromatic carbocycles. The molecule has 2 heterocycles. The number of phenolic OH excluding ortho intramolecular Hbond substituents is 1. The summed E-state index contributed by atoms with van der Waals surface area (Å²) < 4.78 is 23.5. The number of aryl methyl sites for hydroxylation is 1. The molecule has 7 heteroatoms. The van der Waals surface area contributed by atoms with E-state index in [0.29, 0.717) is 47.8 Å². The van der Waals surface area contributed by atoms with Gasteiger partial charge in [-0.05, 0) is 62.5 Å². The van der Waals surface area contributed by atoms with E-state index in [4.69, 9.17) is 18.6 Å². The van der Waals surface area contributed by atoms with Crippen molar-refractivity contribution < 1.29 is 28.8 Å². The zero-order chi connectivity index (χ0) is 23.9. The molecule has 1 atom stereocenters. The van der Waals surface area contributed by atoms with Gasteiger partial charge >= 0.3 is 0 Å². The van der Waals surface area contributed by atoms with E-state index < -0.39 is 6.10 Å². The fraction of sp³-hybridized carbons (Fsp3) is 0.481. The third-order valence-electron chi connectivity index (χ3n) is 6.55. The number of aliphatic hydroxyl groups is 1. The van der Waals surface area contributed by atoms with Crippen molar-refractivity contribution in [3.8, 4) is 23.0 Å². The van der Waals surface area contributed by atoms with E-state index in [9.17, 15) is 10.2 Å². The van der Waals surface area contributed by atoms with E-state index in [1.807, 2.05) is 18.2 Å². The number of likely N-dealkylation sites (tertiary alicyclic amines) is 1. The standard InChI is InChI=1S/C27H35NO6/c1-31-24-21-13-17-33-25(21)27(32-2)26(34-18-16-28-14-5-3-4-6-15-28)23(24)22(30)12-9-19-7-10-20(29)11-8-19/h7-8,10-11,13,17,22,29-30H,3-6,9,12,14-16,18H2,1-2H3. The lowest BCUT2D eigenvalue weighted by Crippen LogP contribution is -2.29. The highest BCUT2D eigenvalue weighted by molar-refractivity contribution is 5.93. The fourth-order valence-corrected chi connectivity index (χ4v) is 4.74. The Morgan fingerprint density at radius 1 is 0.941 bits per heavy atom. The van der Waals surface area contributed by atoms with E-state index >= 15 is 0 Å². The molecule has 4 rings (SSSR count). The van der Waals surface area contributed by atoms with Gasteiger partial charge in [0.1, 0.15) is 18.1 Å². The summed E-state index contributed by atoms with van der Waals surface area (Å²) in [6.07, 6.45) is 6.84. The first-order chi connectivity index (χ1) is 16.6. The summed E-state index contributed by atoms with van der Waals surface area (Å²) in [4.78, 5) is 2.43. The molecule has 184 valence electrons. The normalized spacial score (nSPS) is 15.7. The van der Waals surface area contributed by atoms with Gasteiger partial charge in [-0.15, -0.1) is 0 Å². The van der Waals surface area contributed by atoms with E-state index in [0.717, 1.165) is 30.6 Å². The van der Waals surface area contributed by atoms with E-state index in [-0.39, 0.29) is 5.75 Å². The zero-order valence-corrected chi connectivity index (χ0v) is 20.1. The molecule has 1 aromatic heterocycles. The third kappa shape index (κ3) is 5.42. The highest BCUT2D eigenvalue weighted by Crippen LogP contribution is 2.49. The smallest absolute Gasteiger partial charge is 0.205 e. The van der Waals surface area contributed by atoms with Crippen LogP contribution in [-0.2, 0) is 6.42 Å². The summed E-state index contributed by atoms with van der Waals surface area (Å²) in [5, 5.41) is 21.6. The molecule has 0 saturated carbocycles. The topological polar surface area (TPSA) is 84.5 Å². The summed E-state index contributed by atoms with van der Waals surface area (Å²) in [5.41, 5.74) is 2.14. The van der Waals surface area contributed by atoms with Crippen molar-refractivity contribution >= 4 is 11.0 Å². The number of ether oxygens (including phenoxy) is 3. The van der Waals surface area contributed by atoms with E-state index in [1.54, 1.807) is 32.6 Å². The maximum atomic E-state index is 11.3. The van der Waals surface area contributed by atoms with Crippen molar-refractivity contribution in [2.24, 2.45) is 0 Å². The maximum absolute atomic E-state index is 11.3. The summed E-state index contributed by atoms with van der Waals surface area (Å²) in [6, 6.07) is 8.84. The minimum Gasteiger partial charge on any atom is -0.508 e. The number of nitrogens with zero attached hydrogens (tertiary/aromatic N) is 1. The van der Waals surface area contributed by atoms with Crippen LogP contribution in [0.25, 0.3) is 11.0 Å². The quantitative estimate of drug-likeness (QED) is 0.428. The molecule has 1 aliphatic heterocycles. The Kier molecular flexibility index (Phi) is 8.19. The van der Waals surface area contributed by atoms with Crippen LogP contribution in [-0.4, -0.2) is 55.6 Å². The lowest BCUT2D eigenvalue weighted by molar-refractivity contribution is 0.152. The average Bonchev–Trinajstić information content (AvgIpc) is 3.18. The predicted octanol–water partition coefficient (Wildman–Crippen LogP) is 5.08. The molecule has 0 bridgehead atoms. The molecule has 2 N–H and O–H groups in total. The van der Waals surface area contributed by atoms with Gasteiger partial charge in [-0.3, -0.25) is 4.90 Å². The molecule has 1 aliphatic rings. The minimum atomic E-state index is -0.842. The summed E-state index contributed by atoms with van der Waals surface area (Å²) in [7, 11) is 3.17. The van der Waals surface area contributed by atoms with Crippen molar-refractivity contribution in [3.63, 3.8) is 0 Å². The predicted molar refractivity (Wildman–Crippen MR) is 131 cm³/mol. The van der Waals surface area contributed by atoms with Gasteiger partial charge in [0.25, 0.3) is 0 Å². The lowest BCUT2D eigenvalue weighted by atomic mass is 9.97. The largest absolute Gasteiger partial charge is 0.508 e. The number of rotatable bonds is 10. The van der Waals surface area contributed by atoms with Gasteiger partial charge < -0.3 is 28.8 Å². The van der Waals surface area contributed by atoms with Crippen LogP contribution in [0, 0.1) is 0 Å². The Morgan fingerprint density at radius 2 is 1.65 bits per heavy atom. The Hall–Kier alpha value is -2.90. The molecular weight excluding hydrogens is 434 g/mol. The SMILES string of the molecule is COc1c(C(O)CCc2ccc(O)cc2)c(OCCN2CCCCCC2)c(OC)c2occc12. The molecule has 0 spiro atoms. The monoisotopic (exact) mass is 469 g/mol. The number of phenols is 1. The van der Waals surface area contributed by atoms with Crippen molar-refractivity contribution in [1.29, 1.82) is 0 Å². The van der Waals surface area contributed by atoms with Crippen molar-refractivity contribution in [3.05, 3.63) is 47.7 Å². The summed E-state index contributed by atoms with van der Waals surface area (Å²) >= 11 is 0. The Morgan fingerprint density at radius 3 is 2.32 bits per heavy atom.